The van der Waals surface area contributed by atoms with E-state index >= 15 is 0 Å². The Balaban J connectivity index is 1.39. The maximum absolute atomic E-state index is 13.1. The van der Waals surface area contributed by atoms with E-state index in [0.29, 0.717) is 41.4 Å². The molecule has 174 valence electrons. The van der Waals surface area contributed by atoms with Gasteiger partial charge in [-0.1, -0.05) is 39.3 Å². The van der Waals surface area contributed by atoms with Crippen molar-refractivity contribution in [3.05, 3.63) is 48.0 Å². The molecule has 0 aromatic carbocycles. The molecule has 2 N–H and O–H groups in total. The molecule has 4 rings (SSSR count). The van der Waals surface area contributed by atoms with Crippen molar-refractivity contribution < 1.29 is 9.59 Å². The van der Waals surface area contributed by atoms with E-state index in [4.69, 9.17) is 0 Å². The van der Waals surface area contributed by atoms with Gasteiger partial charge in [-0.2, -0.15) is 0 Å². The van der Waals surface area contributed by atoms with Crippen molar-refractivity contribution >= 4 is 11.8 Å². The Bertz CT molecular complexity index is 858. The van der Waals surface area contributed by atoms with E-state index < -0.39 is 0 Å². The van der Waals surface area contributed by atoms with Crippen molar-refractivity contribution in [3.8, 4) is 0 Å². The number of hydrogen-bond donors (Lipinski definition) is 2. The van der Waals surface area contributed by atoms with E-state index in [0.717, 1.165) is 25.4 Å². The van der Waals surface area contributed by atoms with Crippen LogP contribution in [0.5, 0.6) is 0 Å². The number of piperazine rings is 1. The summed E-state index contributed by atoms with van der Waals surface area (Å²) >= 11 is 0. The second kappa shape index (κ2) is 9.65. The van der Waals surface area contributed by atoms with E-state index in [2.05, 4.69) is 31.1 Å². The van der Waals surface area contributed by atoms with Gasteiger partial charge in [0.05, 0.1) is 0 Å². The van der Waals surface area contributed by atoms with E-state index in [-0.39, 0.29) is 17.9 Å². The predicted octanol–water partition coefficient (Wildman–Crippen LogP) is 3.31. The van der Waals surface area contributed by atoms with Gasteiger partial charge in [-0.3, -0.25) is 9.59 Å². The van der Waals surface area contributed by atoms with Gasteiger partial charge in [-0.05, 0) is 56.1 Å². The van der Waals surface area contributed by atoms with Crippen LogP contribution in [0.3, 0.4) is 0 Å². The van der Waals surface area contributed by atoms with Crippen LogP contribution in [0.4, 0.5) is 0 Å². The molecule has 0 radical (unpaired) electrons. The van der Waals surface area contributed by atoms with Gasteiger partial charge < -0.3 is 20.4 Å². The van der Waals surface area contributed by atoms with Crippen LogP contribution in [-0.4, -0.2) is 53.3 Å². The van der Waals surface area contributed by atoms with Crippen LogP contribution in [0.15, 0.2) is 48.0 Å². The molecule has 5 atom stereocenters. The Hall–Kier alpha value is -2.34. The molecule has 2 bridgehead atoms. The molecular formula is C26H38N4O2. The highest BCUT2D eigenvalue weighted by Gasteiger charge is 2.40. The molecule has 3 heterocycles. The molecule has 0 aromatic rings. The zero-order valence-corrected chi connectivity index (χ0v) is 19.8. The van der Waals surface area contributed by atoms with Crippen LogP contribution >= 0.6 is 0 Å². The molecule has 2 amide bonds. The monoisotopic (exact) mass is 438 g/mol. The standard InChI is InChI=1S/C26H38N4O2/c1-5-20-9-10-21(17(2)11-20)13-28-25(31)24-8-6-7-19(4)29(24)15-18(3)26(32)30-16-22-12-23(30)14-27-22/h6-8,15,17,20-23,27H,4-5,9-14,16H2,1-3H3,(H,28,31)/b18-15+/t17-,20-,21-,22+,23?/m0/s1. The van der Waals surface area contributed by atoms with Gasteiger partial charge in [0.2, 0.25) is 0 Å². The summed E-state index contributed by atoms with van der Waals surface area (Å²) in [7, 11) is 0. The average molecular weight is 439 g/mol. The molecule has 4 aliphatic rings. The summed E-state index contributed by atoms with van der Waals surface area (Å²) in [5, 5.41) is 6.59. The molecule has 1 aliphatic carbocycles. The van der Waals surface area contributed by atoms with Crippen molar-refractivity contribution in [2.24, 2.45) is 17.8 Å². The highest BCUT2D eigenvalue weighted by atomic mass is 16.2. The lowest BCUT2D eigenvalue weighted by atomic mass is 9.74. The Kier molecular flexibility index (Phi) is 6.89. The summed E-state index contributed by atoms with van der Waals surface area (Å²) in [4.78, 5) is 29.9. The summed E-state index contributed by atoms with van der Waals surface area (Å²) < 4.78 is 0. The first-order valence-electron chi connectivity index (χ1n) is 12.2. The molecule has 3 fully saturated rings. The van der Waals surface area contributed by atoms with Crippen LogP contribution in [0.1, 0.15) is 52.9 Å². The Morgan fingerprint density at radius 2 is 2.12 bits per heavy atom. The van der Waals surface area contributed by atoms with Gasteiger partial charge in [0.15, 0.2) is 0 Å². The van der Waals surface area contributed by atoms with Gasteiger partial charge in [0, 0.05) is 49.2 Å². The van der Waals surface area contributed by atoms with Crippen LogP contribution < -0.4 is 10.6 Å². The molecule has 1 unspecified atom stereocenters. The Morgan fingerprint density at radius 1 is 1.31 bits per heavy atom. The quantitative estimate of drug-likeness (QED) is 0.625. The minimum Gasteiger partial charge on any atom is -0.350 e. The molecule has 6 nitrogen and oxygen atoms in total. The molecule has 3 aliphatic heterocycles. The first-order chi connectivity index (χ1) is 15.4. The number of carbonyl (C=O) groups is 2. The molecule has 32 heavy (non-hydrogen) atoms. The van der Waals surface area contributed by atoms with E-state index in [1.54, 1.807) is 17.2 Å². The largest absolute Gasteiger partial charge is 0.350 e. The van der Waals surface area contributed by atoms with Crippen molar-refractivity contribution in [2.45, 2.75) is 65.0 Å². The smallest absolute Gasteiger partial charge is 0.268 e. The minimum absolute atomic E-state index is 0.0441. The normalized spacial score (nSPS) is 32.3. The molecule has 6 heteroatoms. The van der Waals surface area contributed by atoms with Gasteiger partial charge >= 0.3 is 0 Å². The zero-order valence-electron chi connectivity index (χ0n) is 19.8. The number of carbonyl (C=O) groups excluding carboxylic acids is 2. The molecule has 2 saturated heterocycles. The molecule has 0 aromatic heterocycles. The third-order valence-electron chi connectivity index (χ3n) is 7.88. The summed E-state index contributed by atoms with van der Waals surface area (Å²) in [5.74, 6) is 1.92. The number of nitrogens with zero attached hydrogens (tertiary/aromatic N) is 2. The fraction of sp³-hybridized carbons (Fsp3) is 0.615. The lowest BCUT2D eigenvalue weighted by Crippen LogP contribution is -2.47. The molecule has 1 saturated carbocycles. The molecular weight excluding hydrogens is 400 g/mol. The van der Waals surface area contributed by atoms with Crippen LogP contribution in [0, 0.1) is 17.8 Å². The van der Waals surface area contributed by atoms with Crippen LogP contribution in [0.2, 0.25) is 0 Å². The number of nitrogens with one attached hydrogen (secondary N) is 2. The van der Waals surface area contributed by atoms with Crippen LogP contribution in [0.25, 0.3) is 0 Å². The van der Waals surface area contributed by atoms with E-state index in [9.17, 15) is 9.59 Å². The summed E-state index contributed by atoms with van der Waals surface area (Å²) in [6.07, 6.45) is 13.3. The minimum atomic E-state index is -0.110. The maximum atomic E-state index is 13.1. The SMILES string of the molecule is C=C1C=CC=C(C(=O)NC[C@@H]2CC[C@H](CC)C[C@@H]2C)N1/C=C(\C)C(=O)N1C[C@H]2CC1CN2. The number of rotatable bonds is 6. The highest BCUT2D eigenvalue weighted by molar-refractivity contribution is 5.96. The lowest BCUT2D eigenvalue weighted by molar-refractivity contribution is -0.128. The van der Waals surface area contributed by atoms with E-state index in [1.807, 2.05) is 24.0 Å². The number of allylic oxidation sites excluding steroid dienone is 3. The second-order valence-corrected chi connectivity index (χ2v) is 10.1. The summed E-state index contributed by atoms with van der Waals surface area (Å²) in [6.45, 7) is 12.8. The number of amides is 2. The fourth-order valence-electron chi connectivity index (χ4n) is 5.75. The first-order valence-corrected chi connectivity index (χ1v) is 12.2. The third kappa shape index (κ3) is 4.70. The second-order valence-electron chi connectivity index (χ2n) is 10.1. The van der Waals surface area contributed by atoms with Gasteiger partial charge in [-0.25, -0.2) is 0 Å². The van der Waals surface area contributed by atoms with Crippen molar-refractivity contribution in [1.82, 2.24) is 20.4 Å². The third-order valence-corrected chi connectivity index (χ3v) is 7.88. The number of fused-ring (bicyclic) bond motifs is 2. The number of likely N-dealkylation sites (tertiary alicyclic amines) is 1. The Morgan fingerprint density at radius 3 is 2.78 bits per heavy atom. The van der Waals surface area contributed by atoms with Crippen LogP contribution in [-0.2, 0) is 9.59 Å². The lowest BCUT2D eigenvalue weighted by Gasteiger charge is -2.34. The fourth-order valence-corrected chi connectivity index (χ4v) is 5.75. The van der Waals surface area contributed by atoms with Gasteiger partial charge in [0.25, 0.3) is 11.8 Å². The number of hydrogen-bond acceptors (Lipinski definition) is 4. The highest BCUT2D eigenvalue weighted by Crippen LogP contribution is 2.35. The average Bonchev–Trinajstić information content (AvgIpc) is 3.42. The van der Waals surface area contributed by atoms with Gasteiger partial charge in [0.1, 0.15) is 5.70 Å². The van der Waals surface area contributed by atoms with E-state index in [1.165, 1.54) is 25.7 Å². The summed E-state index contributed by atoms with van der Waals surface area (Å²) in [6, 6.07) is 0.698. The Labute approximate surface area is 192 Å². The molecule has 0 spiro atoms. The zero-order chi connectivity index (χ0) is 22.8. The van der Waals surface area contributed by atoms with Crippen molar-refractivity contribution in [1.29, 1.82) is 0 Å². The maximum Gasteiger partial charge on any atom is 0.268 e. The topological polar surface area (TPSA) is 64.7 Å². The summed E-state index contributed by atoms with van der Waals surface area (Å²) in [5.41, 5.74) is 1.83. The van der Waals surface area contributed by atoms with Crippen molar-refractivity contribution in [3.63, 3.8) is 0 Å². The van der Waals surface area contributed by atoms with Gasteiger partial charge in [-0.15, -0.1) is 0 Å². The predicted molar refractivity (Wildman–Crippen MR) is 127 cm³/mol. The van der Waals surface area contributed by atoms with Crippen molar-refractivity contribution in [2.75, 3.05) is 19.6 Å². The first kappa shape index (κ1) is 22.8.